The zero-order valence-corrected chi connectivity index (χ0v) is 10.7. The van der Waals surface area contributed by atoms with Gasteiger partial charge in [-0.05, 0) is 18.6 Å². The van der Waals surface area contributed by atoms with Crippen LogP contribution in [-0.4, -0.2) is 21.1 Å². The molecule has 92 valence electrons. The van der Waals surface area contributed by atoms with E-state index < -0.39 is 0 Å². The molecule has 0 unspecified atom stereocenters. The van der Waals surface area contributed by atoms with Gasteiger partial charge >= 0.3 is 0 Å². The maximum Gasteiger partial charge on any atom is 0.0946 e. The van der Waals surface area contributed by atoms with Crippen molar-refractivity contribution in [1.29, 1.82) is 0 Å². The molecule has 0 bridgehead atoms. The zero-order chi connectivity index (χ0) is 11.2. The van der Waals surface area contributed by atoms with E-state index in [9.17, 15) is 0 Å². The van der Waals surface area contributed by atoms with Gasteiger partial charge < -0.3 is 9.88 Å². The first-order valence-corrected chi connectivity index (χ1v) is 5.43. The van der Waals surface area contributed by atoms with Crippen molar-refractivity contribution in [3.63, 3.8) is 0 Å². The van der Waals surface area contributed by atoms with Gasteiger partial charge in [-0.25, -0.2) is 4.98 Å². The highest BCUT2D eigenvalue weighted by Gasteiger charge is 1.97. The van der Waals surface area contributed by atoms with Gasteiger partial charge in [-0.3, -0.25) is 4.98 Å². The van der Waals surface area contributed by atoms with Gasteiger partial charge in [0.15, 0.2) is 0 Å². The first-order chi connectivity index (χ1) is 7.86. The number of aromatic nitrogens is 3. The number of nitrogens with one attached hydrogen (secondary N) is 1. The van der Waals surface area contributed by atoms with Crippen LogP contribution in [0.15, 0.2) is 37.1 Å². The van der Waals surface area contributed by atoms with Crippen LogP contribution in [0.3, 0.4) is 0 Å². The number of nitrogens with zero attached hydrogens (tertiary/aromatic N) is 3. The van der Waals surface area contributed by atoms with E-state index in [0.29, 0.717) is 0 Å². The molecule has 17 heavy (non-hydrogen) atoms. The van der Waals surface area contributed by atoms with Crippen molar-refractivity contribution in [2.24, 2.45) is 0 Å². The lowest BCUT2D eigenvalue weighted by atomic mass is 10.2. The molecule has 4 nitrogen and oxygen atoms in total. The van der Waals surface area contributed by atoms with Crippen LogP contribution in [0.4, 0.5) is 0 Å². The van der Waals surface area contributed by atoms with E-state index in [-0.39, 0.29) is 12.4 Å². The molecule has 0 aliphatic carbocycles. The predicted octanol–water partition coefficient (Wildman–Crippen LogP) is 1.80. The van der Waals surface area contributed by atoms with Crippen molar-refractivity contribution >= 4 is 12.4 Å². The third-order valence-electron chi connectivity index (χ3n) is 2.54. The first-order valence-electron chi connectivity index (χ1n) is 5.43. The summed E-state index contributed by atoms with van der Waals surface area (Å²) in [6.45, 7) is 4.78. The van der Waals surface area contributed by atoms with Crippen LogP contribution in [-0.2, 0) is 13.1 Å². The van der Waals surface area contributed by atoms with E-state index in [4.69, 9.17) is 0 Å². The lowest BCUT2D eigenvalue weighted by molar-refractivity contribution is 0.595. The summed E-state index contributed by atoms with van der Waals surface area (Å²) in [5.74, 6) is 0. The molecule has 0 saturated carbocycles. The number of rotatable bonds is 5. The second-order valence-corrected chi connectivity index (χ2v) is 3.73. The summed E-state index contributed by atoms with van der Waals surface area (Å²) in [4.78, 5) is 8.25. The Morgan fingerprint density at radius 3 is 2.94 bits per heavy atom. The molecule has 5 heteroatoms. The number of hydrogen-bond acceptors (Lipinski definition) is 3. The lowest BCUT2D eigenvalue weighted by Crippen LogP contribution is -2.19. The van der Waals surface area contributed by atoms with Crippen molar-refractivity contribution < 1.29 is 0 Å². The largest absolute Gasteiger partial charge is 0.336 e. The maximum atomic E-state index is 4.25. The maximum absolute atomic E-state index is 4.25. The highest BCUT2D eigenvalue weighted by atomic mass is 35.5. The number of halogens is 1. The molecule has 0 aromatic carbocycles. The molecular weight excluding hydrogens is 236 g/mol. The summed E-state index contributed by atoms with van der Waals surface area (Å²) >= 11 is 0. The summed E-state index contributed by atoms with van der Waals surface area (Å²) < 4.78 is 2.06. The van der Waals surface area contributed by atoms with E-state index in [0.717, 1.165) is 25.3 Å². The Kier molecular flexibility index (Phi) is 5.66. The van der Waals surface area contributed by atoms with Gasteiger partial charge in [-0.2, -0.15) is 0 Å². The summed E-state index contributed by atoms with van der Waals surface area (Å²) in [6.07, 6.45) is 7.42. The monoisotopic (exact) mass is 252 g/mol. The standard InChI is InChI=1S/C12H16N4.ClH/c1-11-12(3-2-4-15-11)9-13-5-7-16-8-6-14-10-16;/h2-4,6,8,10,13H,5,7,9H2,1H3;1H. The fourth-order valence-corrected chi connectivity index (χ4v) is 1.55. The highest BCUT2D eigenvalue weighted by molar-refractivity contribution is 5.85. The molecule has 0 atom stereocenters. The minimum Gasteiger partial charge on any atom is -0.336 e. The Balaban J connectivity index is 0.00000144. The smallest absolute Gasteiger partial charge is 0.0946 e. The van der Waals surface area contributed by atoms with Crippen LogP contribution < -0.4 is 5.32 Å². The normalized spacial score (nSPS) is 9.94. The average Bonchev–Trinajstić information content (AvgIpc) is 2.79. The first kappa shape index (κ1) is 13.7. The number of aryl methyl sites for hydroxylation is 1. The highest BCUT2D eigenvalue weighted by Crippen LogP contribution is 2.02. The van der Waals surface area contributed by atoms with Crippen LogP contribution in [0.1, 0.15) is 11.3 Å². The minimum absolute atomic E-state index is 0. The molecule has 0 spiro atoms. The second kappa shape index (κ2) is 7.04. The Hall–Kier alpha value is -1.39. The van der Waals surface area contributed by atoms with Gasteiger partial charge in [0.25, 0.3) is 0 Å². The summed E-state index contributed by atoms with van der Waals surface area (Å²) in [6, 6.07) is 4.08. The van der Waals surface area contributed by atoms with Gasteiger partial charge in [0.05, 0.1) is 6.33 Å². The number of pyridine rings is 1. The van der Waals surface area contributed by atoms with Gasteiger partial charge in [0, 0.05) is 43.9 Å². The van der Waals surface area contributed by atoms with E-state index in [1.165, 1.54) is 5.56 Å². The molecule has 0 amide bonds. The third-order valence-corrected chi connectivity index (χ3v) is 2.54. The van der Waals surface area contributed by atoms with Crippen molar-refractivity contribution in [2.45, 2.75) is 20.0 Å². The van der Waals surface area contributed by atoms with Gasteiger partial charge in [0.2, 0.25) is 0 Å². The molecular formula is C12H17ClN4. The lowest BCUT2D eigenvalue weighted by Gasteiger charge is -2.07. The van der Waals surface area contributed by atoms with Gasteiger partial charge in [0.1, 0.15) is 0 Å². The van der Waals surface area contributed by atoms with Gasteiger partial charge in [-0.1, -0.05) is 6.07 Å². The van der Waals surface area contributed by atoms with Crippen molar-refractivity contribution in [3.05, 3.63) is 48.3 Å². The average molecular weight is 253 g/mol. The van der Waals surface area contributed by atoms with Crippen LogP contribution in [0.2, 0.25) is 0 Å². The Bertz CT molecular complexity index is 428. The topological polar surface area (TPSA) is 42.7 Å². The molecule has 0 saturated heterocycles. The second-order valence-electron chi connectivity index (χ2n) is 3.73. The Morgan fingerprint density at radius 2 is 2.24 bits per heavy atom. The fourth-order valence-electron chi connectivity index (χ4n) is 1.55. The Labute approximate surface area is 108 Å². The molecule has 0 radical (unpaired) electrons. The van der Waals surface area contributed by atoms with Crippen LogP contribution in [0.5, 0.6) is 0 Å². The molecule has 0 aliphatic rings. The van der Waals surface area contributed by atoms with Crippen molar-refractivity contribution in [2.75, 3.05) is 6.54 Å². The molecule has 0 fully saturated rings. The SMILES string of the molecule is Cc1ncccc1CNCCn1ccnc1.Cl. The molecule has 2 aromatic heterocycles. The van der Waals surface area contributed by atoms with Gasteiger partial charge in [-0.15, -0.1) is 12.4 Å². The molecule has 2 heterocycles. The Morgan fingerprint density at radius 1 is 1.35 bits per heavy atom. The quantitative estimate of drug-likeness (QED) is 0.826. The zero-order valence-electron chi connectivity index (χ0n) is 9.84. The van der Waals surface area contributed by atoms with E-state index in [2.05, 4.69) is 25.9 Å². The molecule has 2 aromatic rings. The van der Waals surface area contributed by atoms with Crippen LogP contribution >= 0.6 is 12.4 Å². The van der Waals surface area contributed by atoms with E-state index >= 15 is 0 Å². The van der Waals surface area contributed by atoms with Crippen molar-refractivity contribution in [3.8, 4) is 0 Å². The molecule has 1 N–H and O–H groups in total. The predicted molar refractivity (Wildman–Crippen MR) is 70.2 cm³/mol. The number of imidazole rings is 1. The van der Waals surface area contributed by atoms with E-state index in [1.54, 1.807) is 6.20 Å². The third kappa shape index (κ3) is 4.17. The minimum atomic E-state index is 0. The molecule has 0 aliphatic heterocycles. The summed E-state index contributed by atoms with van der Waals surface area (Å²) in [7, 11) is 0. The van der Waals surface area contributed by atoms with Crippen LogP contribution in [0.25, 0.3) is 0 Å². The summed E-state index contributed by atoms with van der Waals surface area (Å²) in [5.41, 5.74) is 2.35. The van der Waals surface area contributed by atoms with Crippen molar-refractivity contribution in [1.82, 2.24) is 19.9 Å². The van der Waals surface area contributed by atoms with Crippen LogP contribution in [0, 0.1) is 6.92 Å². The molecule has 2 rings (SSSR count). The summed E-state index contributed by atoms with van der Waals surface area (Å²) in [5, 5.41) is 3.39. The fraction of sp³-hybridized carbons (Fsp3) is 0.333. The number of hydrogen-bond donors (Lipinski definition) is 1. The van der Waals surface area contributed by atoms with E-state index in [1.807, 2.05) is 31.7 Å².